The third kappa shape index (κ3) is 7.49. The standard InChI is InChI=1S/C9H17NO5S/c1-6(8(12)13)10-16(14)5-7(11)15-9(2,3)4/h6,10H,5H2,1-4H3,(H,12,13). The van der Waals surface area contributed by atoms with Gasteiger partial charge in [-0.1, -0.05) is 0 Å². The van der Waals surface area contributed by atoms with Crippen molar-refractivity contribution in [1.29, 1.82) is 0 Å². The number of carbonyl (C=O) groups excluding carboxylic acids is 1. The van der Waals surface area contributed by atoms with Crippen LogP contribution in [0.25, 0.3) is 0 Å². The summed E-state index contributed by atoms with van der Waals surface area (Å²) in [6.07, 6.45) is 0. The molecule has 0 aromatic rings. The van der Waals surface area contributed by atoms with E-state index in [1.807, 2.05) is 0 Å². The number of carboxylic acids is 1. The molecule has 0 aromatic carbocycles. The minimum atomic E-state index is -1.74. The molecule has 0 amide bonds. The molecule has 7 heteroatoms. The fourth-order valence-electron chi connectivity index (χ4n) is 0.767. The largest absolute Gasteiger partial charge is 0.598 e. The van der Waals surface area contributed by atoms with Gasteiger partial charge < -0.3 is 14.4 Å². The normalized spacial score (nSPS) is 15.3. The van der Waals surface area contributed by atoms with Gasteiger partial charge >= 0.3 is 11.9 Å². The molecule has 0 spiro atoms. The second kappa shape index (κ2) is 6.07. The number of nitrogens with one attached hydrogen (secondary N) is 1. The Kier molecular flexibility index (Phi) is 5.77. The molecule has 0 radical (unpaired) electrons. The van der Waals surface area contributed by atoms with Gasteiger partial charge in [-0.05, 0) is 27.7 Å². The number of hydrogen-bond donors (Lipinski definition) is 2. The first-order valence-corrected chi connectivity index (χ1v) is 6.03. The van der Waals surface area contributed by atoms with Crippen molar-refractivity contribution in [3.63, 3.8) is 0 Å². The Morgan fingerprint density at radius 2 is 2.00 bits per heavy atom. The predicted molar refractivity (Wildman–Crippen MR) is 59.1 cm³/mol. The SMILES string of the molecule is CC(N[S+]([O-])CC(=O)OC(C)(C)C)C(=O)O. The van der Waals surface area contributed by atoms with Gasteiger partial charge in [0.05, 0.1) is 11.4 Å². The van der Waals surface area contributed by atoms with Gasteiger partial charge in [0.25, 0.3) is 0 Å². The molecule has 6 nitrogen and oxygen atoms in total. The third-order valence-corrected chi connectivity index (χ3v) is 2.46. The van der Waals surface area contributed by atoms with Crippen LogP contribution in [0.2, 0.25) is 0 Å². The Morgan fingerprint density at radius 3 is 2.38 bits per heavy atom. The number of esters is 1. The molecule has 0 rings (SSSR count). The van der Waals surface area contributed by atoms with Crippen molar-refractivity contribution in [3.05, 3.63) is 0 Å². The number of rotatable bonds is 5. The molecule has 16 heavy (non-hydrogen) atoms. The van der Waals surface area contributed by atoms with E-state index in [1.54, 1.807) is 20.8 Å². The van der Waals surface area contributed by atoms with Crippen LogP contribution in [0.1, 0.15) is 27.7 Å². The van der Waals surface area contributed by atoms with Gasteiger partial charge in [-0.2, -0.15) is 0 Å². The van der Waals surface area contributed by atoms with Crippen molar-refractivity contribution < 1.29 is 24.0 Å². The summed E-state index contributed by atoms with van der Waals surface area (Å²) < 4.78 is 18.5. The smallest absolute Gasteiger partial charge is 0.358 e. The van der Waals surface area contributed by atoms with E-state index < -0.39 is 34.9 Å². The van der Waals surface area contributed by atoms with E-state index in [2.05, 4.69) is 4.72 Å². The minimum absolute atomic E-state index is 0.366. The summed E-state index contributed by atoms with van der Waals surface area (Å²) in [7, 11) is 0. The maximum atomic E-state index is 11.3. The van der Waals surface area contributed by atoms with E-state index in [1.165, 1.54) is 6.92 Å². The Bertz CT molecular complexity index is 263. The van der Waals surface area contributed by atoms with Crippen LogP contribution in [0, 0.1) is 0 Å². The lowest BCUT2D eigenvalue weighted by Gasteiger charge is -2.20. The van der Waals surface area contributed by atoms with Crippen LogP contribution >= 0.6 is 0 Å². The minimum Gasteiger partial charge on any atom is -0.598 e. The third-order valence-electron chi connectivity index (χ3n) is 1.35. The zero-order valence-corrected chi connectivity index (χ0v) is 10.6. The summed E-state index contributed by atoms with van der Waals surface area (Å²) in [6, 6.07) is -0.969. The first kappa shape index (κ1) is 15.2. The lowest BCUT2D eigenvalue weighted by Crippen LogP contribution is -2.42. The topological polar surface area (TPSA) is 98.7 Å². The van der Waals surface area contributed by atoms with E-state index in [0.29, 0.717) is 0 Å². The number of hydrogen-bond acceptors (Lipinski definition) is 5. The molecule has 0 bridgehead atoms. The lowest BCUT2D eigenvalue weighted by atomic mass is 10.2. The molecule has 0 aliphatic heterocycles. The van der Waals surface area contributed by atoms with Crippen LogP contribution < -0.4 is 4.72 Å². The Labute approximate surface area is 97.7 Å². The fraction of sp³-hybridized carbons (Fsp3) is 0.778. The van der Waals surface area contributed by atoms with Crippen molar-refractivity contribution in [2.75, 3.05) is 5.75 Å². The highest BCUT2D eigenvalue weighted by Crippen LogP contribution is 2.07. The Balaban J connectivity index is 4.01. The summed E-state index contributed by atoms with van der Waals surface area (Å²) >= 11 is -1.74. The van der Waals surface area contributed by atoms with E-state index in [-0.39, 0.29) is 5.75 Å². The lowest BCUT2D eigenvalue weighted by molar-refractivity contribution is -0.151. The first-order chi connectivity index (χ1) is 7.11. The van der Waals surface area contributed by atoms with Crippen LogP contribution in [-0.4, -0.2) is 39.0 Å². The molecule has 2 unspecified atom stereocenters. The van der Waals surface area contributed by atoms with Gasteiger partial charge in [-0.3, -0.25) is 4.79 Å². The highest BCUT2D eigenvalue weighted by Gasteiger charge is 2.24. The van der Waals surface area contributed by atoms with E-state index >= 15 is 0 Å². The van der Waals surface area contributed by atoms with Gasteiger partial charge in [-0.25, -0.2) is 4.79 Å². The maximum Gasteiger partial charge on any atom is 0.358 e. The highest BCUT2D eigenvalue weighted by atomic mass is 32.2. The maximum absolute atomic E-state index is 11.3. The monoisotopic (exact) mass is 251 g/mol. The average molecular weight is 251 g/mol. The van der Waals surface area contributed by atoms with Crippen LogP contribution in [0.4, 0.5) is 0 Å². The van der Waals surface area contributed by atoms with Crippen LogP contribution in [-0.2, 0) is 25.7 Å². The molecule has 2 atom stereocenters. The molecular weight excluding hydrogens is 234 g/mol. The van der Waals surface area contributed by atoms with Crippen molar-refractivity contribution in [2.24, 2.45) is 0 Å². The van der Waals surface area contributed by atoms with Gasteiger partial charge in [0.15, 0.2) is 0 Å². The zero-order valence-electron chi connectivity index (χ0n) is 9.77. The average Bonchev–Trinajstić information content (AvgIpc) is 1.98. The molecule has 94 valence electrons. The molecule has 2 N–H and O–H groups in total. The Hall–Kier alpha value is -0.790. The van der Waals surface area contributed by atoms with Crippen LogP contribution in [0.3, 0.4) is 0 Å². The van der Waals surface area contributed by atoms with Crippen LogP contribution in [0.5, 0.6) is 0 Å². The number of carbonyl (C=O) groups is 2. The quantitative estimate of drug-likeness (QED) is 0.529. The molecule has 0 aromatic heterocycles. The van der Waals surface area contributed by atoms with Crippen molar-refractivity contribution >= 4 is 23.3 Å². The summed E-state index contributed by atoms with van der Waals surface area (Å²) in [4.78, 5) is 21.7. The van der Waals surface area contributed by atoms with E-state index in [0.717, 1.165) is 0 Å². The fourth-order valence-corrected chi connectivity index (χ4v) is 1.62. The van der Waals surface area contributed by atoms with E-state index in [4.69, 9.17) is 9.84 Å². The summed E-state index contributed by atoms with van der Waals surface area (Å²) in [5.41, 5.74) is -0.639. The zero-order chi connectivity index (χ0) is 12.9. The molecule has 0 saturated heterocycles. The molecular formula is C9H17NO5S. The number of ether oxygens (including phenoxy) is 1. The van der Waals surface area contributed by atoms with E-state index in [9.17, 15) is 14.1 Å². The number of aliphatic carboxylic acids is 1. The van der Waals surface area contributed by atoms with Crippen molar-refractivity contribution in [2.45, 2.75) is 39.3 Å². The summed E-state index contributed by atoms with van der Waals surface area (Å²) in [6.45, 7) is 6.43. The van der Waals surface area contributed by atoms with Gasteiger partial charge in [0.1, 0.15) is 11.6 Å². The highest BCUT2D eigenvalue weighted by molar-refractivity contribution is 7.90. The molecule has 0 aliphatic carbocycles. The second-order valence-corrected chi connectivity index (χ2v) is 5.47. The summed E-state index contributed by atoms with van der Waals surface area (Å²) in [5.74, 6) is -2.12. The second-order valence-electron chi connectivity index (χ2n) is 4.25. The van der Waals surface area contributed by atoms with Crippen LogP contribution in [0.15, 0.2) is 0 Å². The number of carboxylic acid groups (broad SMARTS) is 1. The molecule has 0 fully saturated rings. The molecule has 0 heterocycles. The summed E-state index contributed by atoms with van der Waals surface area (Å²) in [5, 5.41) is 8.54. The van der Waals surface area contributed by atoms with Crippen molar-refractivity contribution in [3.8, 4) is 0 Å². The van der Waals surface area contributed by atoms with Gasteiger partial charge in [0, 0.05) is 0 Å². The predicted octanol–water partition coefficient (Wildman–Crippen LogP) is 0.0545. The molecule has 0 saturated carbocycles. The Morgan fingerprint density at radius 1 is 1.50 bits per heavy atom. The molecule has 0 aliphatic rings. The van der Waals surface area contributed by atoms with Gasteiger partial charge in [-0.15, -0.1) is 4.72 Å². The van der Waals surface area contributed by atoms with Gasteiger partial charge in [0.2, 0.25) is 5.75 Å². The van der Waals surface area contributed by atoms with Crippen molar-refractivity contribution in [1.82, 2.24) is 4.72 Å². The first-order valence-electron chi connectivity index (χ1n) is 4.71.